The Balaban J connectivity index is 1.40. The fourth-order valence-corrected chi connectivity index (χ4v) is 3.72. The molecule has 3 rings (SSSR count). The predicted octanol–water partition coefficient (Wildman–Crippen LogP) is 2.22. The molecule has 2 aromatic carbocycles. The third-order valence-corrected chi connectivity index (χ3v) is 5.55. The minimum atomic E-state index is -0.161. The Bertz CT molecular complexity index is 894. The first-order chi connectivity index (χ1) is 14.9. The summed E-state index contributed by atoms with van der Waals surface area (Å²) in [5.74, 6) is 0.585. The fourth-order valence-electron chi connectivity index (χ4n) is 3.72. The summed E-state index contributed by atoms with van der Waals surface area (Å²) in [7, 11) is 3.38. The van der Waals surface area contributed by atoms with E-state index in [1.165, 1.54) is 11.1 Å². The average molecular weight is 425 g/mol. The van der Waals surface area contributed by atoms with E-state index in [0.717, 1.165) is 19.6 Å². The fraction of sp³-hybridized carbons (Fsp3) is 0.417. The van der Waals surface area contributed by atoms with E-state index < -0.39 is 0 Å². The van der Waals surface area contributed by atoms with Gasteiger partial charge in [0.2, 0.25) is 11.8 Å². The molecule has 1 aliphatic rings. The molecule has 1 heterocycles. The molecule has 1 fully saturated rings. The number of aryl methyl sites for hydroxylation is 1. The van der Waals surface area contributed by atoms with Gasteiger partial charge in [-0.3, -0.25) is 19.4 Å². The van der Waals surface area contributed by atoms with Crippen LogP contribution in [0, 0.1) is 6.92 Å². The highest BCUT2D eigenvalue weighted by Crippen LogP contribution is 2.16. The molecule has 166 valence electrons. The third kappa shape index (κ3) is 6.80. The summed E-state index contributed by atoms with van der Waals surface area (Å²) in [6.07, 6.45) is 0. The van der Waals surface area contributed by atoms with Gasteiger partial charge < -0.3 is 15.0 Å². The molecule has 0 aromatic heterocycles. The van der Waals surface area contributed by atoms with Crippen molar-refractivity contribution >= 4 is 17.5 Å². The molecule has 0 saturated carbocycles. The van der Waals surface area contributed by atoms with E-state index in [2.05, 4.69) is 41.4 Å². The van der Waals surface area contributed by atoms with Gasteiger partial charge in [0.15, 0.2) is 0 Å². The van der Waals surface area contributed by atoms with Gasteiger partial charge in [0.1, 0.15) is 5.75 Å². The summed E-state index contributed by atoms with van der Waals surface area (Å²) in [4.78, 5) is 31.0. The van der Waals surface area contributed by atoms with Crippen LogP contribution in [0.2, 0.25) is 0 Å². The van der Waals surface area contributed by atoms with Crippen LogP contribution in [-0.4, -0.2) is 79.9 Å². The van der Waals surface area contributed by atoms with Crippen LogP contribution >= 0.6 is 0 Å². The van der Waals surface area contributed by atoms with E-state index >= 15 is 0 Å². The minimum Gasteiger partial charge on any atom is -0.497 e. The molecule has 0 aliphatic carbocycles. The number of piperazine rings is 1. The van der Waals surface area contributed by atoms with Crippen molar-refractivity contribution in [1.29, 1.82) is 0 Å². The lowest BCUT2D eigenvalue weighted by molar-refractivity contribution is -0.134. The Hall–Kier alpha value is -2.90. The van der Waals surface area contributed by atoms with Crippen molar-refractivity contribution < 1.29 is 14.3 Å². The van der Waals surface area contributed by atoms with Crippen molar-refractivity contribution in [3.8, 4) is 5.75 Å². The van der Waals surface area contributed by atoms with Gasteiger partial charge >= 0.3 is 0 Å². The highest BCUT2D eigenvalue weighted by molar-refractivity contribution is 5.92. The van der Waals surface area contributed by atoms with E-state index in [9.17, 15) is 9.59 Å². The number of anilines is 1. The largest absolute Gasteiger partial charge is 0.497 e. The van der Waals surface area contributed by atoms with Gasteiger partial charge in [-0.1, -0.05) is 30.3 Å². The van der Waals surface area contributed by atoms with Crippen molar-refractivity contribution in [3.05, 3.63) is 59.7 Å². The Kier molecular flexibility index (Phi) is 8.03. The van der Waals surface area contributed by atoms with Crippen molar-refractivity contribution in [3.63, 3.8) is 0 Å². The van der Waals surface area contributed by atoms with Gasteiger partial charge in [-0.15, -0.1) is 0 Å². The molecular formula is C24H32N4O3. The lowest BCUT2D eigenvalue weighted by Crippen LogP contribution is -2.51. The van der Waals surface area contributed by atoms with Crippen molar-refractivity contribution in [2.45, 2.75) is 13.5 Å². The standard InChI is InChI=1S/C24H32N4O3/c1-19-7-4-5-8-20(19)16-27-11-13-28(14-12-27)24(30)18-26(2)17-23(29)25-21-9-6-10-22(15-21)31-3/h4-10,15H,11-14,16-18H2,1-3H3,(H,25,29). The molecule has 1 N–H and O–H groups in total. The number of benzene rings is 2. The molecule has 7 heteroatoms. The maximum absolute atomic E-state index is 12.7. The number of carbonyl (C=O) groups excluding carboxylic acids is 2. The molecule has 1 saturated heterocycles. The Morgan fingerprint density at radius 1 is 1.03 bits per heavy atom. The highest BCUT2D eigenvalue weighted by Gasteiger charge is 2.22. The predicted molar refractivity (Wildman–Crippen MR) is 122 cm³/mol. The van der Waals surface area contributed by atoms with Crippen LogP contribution < -0.4 is 10.1 Å². The second-order valence-electron chi connectivity index (χ2n) is 8.04. The zero-order chi connectivity index (χ0) is 22.2. The van der Waals surface area contributed by atoms with Gasteiger partial charge in [0.25, 0.3) is 0 Å². The number of methoxy groups -OCH3 is 1. The Morgan fingerprint density at radius 3 is 2.48 bits per heavy atom. The summed E-state index contributed by atoms with van der Waals surface area (Å²) in [5, 5.41) is 2.84. The van der Waals surface area contributed by atoms with Gasteiger partial charge in [-0.05, 0) is 37.2 Å². The monoisotopic (exact) mass is 424 g/mol. The molecule has 0 spiro atoms. The summed E-state index contributed by atoms with van der Waals surface area (Å²) in [6, 6.07) is 15.6. The van der Waals surface area contributed by atoms with Crippen LogP contribution in [0.4, 0.5) is 5.69 Å². The average Bonchev–Trinajstić information content (AvgIpc) is 2.75. The maximum Gasteiger partial charge on any atom is 0.238 e. The number of likely N-dealkylation sites (N-methyl/N-ethyl adjacent to an activating group) is 1. The highest BCUT2D eigenvalue weighted by atomic mass is 16.5. The van der Waals surface area contributed by atoms with E-state index in [1.54, 1.807) is 25.1 Å². The van der Waals surface area contributed by atoms with E-state index in [4.69, 9.17) is 4.74 Å². The van der Waals surface area contributed by atoms with Crippen LogP contribution in [0.5, 0.6) is 5.75 Å². The molecule has 0 atom stereocenters. The van der Waals surface area contributed by atoms with Gasteiger partial charge in [-0.25, -0.2) is 0 Å². The molecule has 2 aromatic rings. The second-order valence-corrected chi connectivity index (χ2v) is 8.04. The number of hydrogen-bond donors (Lipinski definition) is 1. The normalized spacial score (nSPS) is 14.5. The Morgan fingerprint density at radius 2 is 1.77 bits per heavy atom. The smallest absolute Gasteiger partial charge is 0.238 e. The molecule has 1 aliphatic heterocycles. The molecule has 7 nitrogen and oxygen atoms in total. The van der Waals surface area contributed by atoms with Crippen molar-refractivity contribution in [1.82, 2.24) is 14.7 Å². The molecule has 31 heavy (non-hydrogen) atoms. The first-order valence-corrected chi connectivity index (χ1v) is 10.6. The number of carbonyl (C=O) groups is 2. The number of nitrogens with zero attached hydrogens (tertiary/aromatic N) is 3. The maximum atomic E-state index is 12.7. The second kappa shape index (κ2) is 10.9. The number of nitrogens with one attached hydrogen (secondary N) is 1. The zero-order valence-electron chi connectivity index (χ0n) is 18.6. The molecule has 2 amide bonds. The van der Waals surface area contributed by atoms with Crippen LogP contribution in [0.15, 0.2) is 48.5 Å². The topological polar surface area (TPSA) is 65.1 Å². The SMILES string of the molecule is COc1cccc(NC(=O)CN(C)CC(=O)N2CCN(Cc3ccccc3C)CC2)c1. The number of ether oxygens (including phenoxy) is 1. The summed E-state index contributed by atoms with van der Waals surface area (Å²) in [5.41, 5.74) is 3.31. The molecule has 0 bridgehead atoms. The van der Waals surface area contributed by atoms with E-state index in [1.807, 2.05) is 23.1 Å². The van der Waals surface area contributed by atoms with Crippen molar-refractivity contribution in [2.75, 3.05) is 58.7 Å². The number of amides is 2. The van der Waals surface area contributed by atoms with Crippen molar-refractivity contribution in [2.24, 2.45) is 0 Å². The molecule has 0 radical (unpaired) electrons. The summed E-state index contributed by atoms with van der Waals surface area (Å²) < 4.78 is 5.17. The van der Waals surface area contributed by atoms with Crippen LogP contribution in [0.3, 0.4) is 0 Å². The van der Waals surface area contributed by atoms with Gasteiger partial charge in [-0.2, -0.15) is 0 Å². The van der Waals surface area contributed by atoms with Crippen LogP contribution in [0.25, 0.3) is 0 Å². The zero-order valence-corrected chi connectivity index (χ0v) is 18.6. The van der Waals surface area contributed by atoms with Gasteiger partial charge in [0.05, 0.1) is 20.2 Å². The summed E-state index contributed by atoms with van der Waals surface area (Å²) >= 11 is 0. The molecular weight excluding hydrogens is 392 g/mol. The summed E-state index contributed by atoms with van der Waals surface area (Å²) in [6.45, 7) is 6.58. The number of rotatable bonds is 8. The van der Waals surface area contributed by atoms with E-state index in [-0.39, 0.29) is 24.9 Å². The third-order valence-electron chi connectivity index (χ3n) is 5.55. The quantitative estimate of drug-likeness (QED) is 0.704. The van der Waals surface area contributed by atoms with Gasteiger partial charge in [0, 0.05) is 44.5 Å². The minimum absolute atomic E-state index is 0.0622. The first-order valence-electron chi connectivity index (χ1n) is 10.6. The van der Waals surface area contributed by atoms with E-state index in [0.29, 0.717) is 24.5 Å². The lowest BCUT2D eigenvalue weighted by atomic mass is 10.1. The lowest BCUT2D eigenvalue weighted by Gasteiger charge is -2.35. The van der Waals surface area contributed by atoms with Crippen LogP contribution in [-0.2, 0) is 16.1 Å². The Labute approximate surface area is 184 Å². The number of hydrogen-bond acceptors (Lipinski definition) is 5. The van der Waals surface area contributed by atoms with Crippen LogP contribution in [0.1, 0.15) is 11.1 Å². The molecule has 0 unspecified atom stereocenters. The first kappa shape index (κ1) is 22.8.